The molecule has 0 aliphatic rings. The number of carbonyl (C=O) groups excluding carboxylic acids is 3. The number of thiazole rings is 1. The quantitative estimate of drug-likeness (QED) is 0.496. The Morgan fingerprint density at radius 3 is 2.62 bits per heavy atom. The second kappa shape index (κ2) is 8.42. The first-order valence-electron chi connectivity index (χ1n) is 6.94. The third-order valence-electron chi connectivity index (χ3n) is 2.85. The summed E-state index contributed by atoms with van der Waals surface area (Å²) in [5.41, 5.74) is 2.78. The molecule has 2 aromatic rings. The van der Waals surface area contributed by atoms with E-state index in [9.17, 15) is 14.4 Å². The normalized spacial score (nSPS) is 11.2. The van der Waals surface area contributed by atoms with E-state index in [1.807, 2.05) is 0 Å². The average Bonchev–Trinajstić information content (AvgIpc) is 3.04. The van der Waals surface area contributed by atoms with Gasteiger partial charge in [0.15, 0.2) is 0 Å². The summed E-state index contributed by atoms with van der Waals surface area (Å²) in [4.78, 5) is 36.0. The molecule has 1 aromatic carbocycles. The Balaban J connectivity index is 2.34. The second-order valence-corrected chi connectivity index (χ2v) is 5.51. The Morgan fingerprint density at radius 2 is 2.00 bits per heavy atom. The van der Waals surface area contributed by atoms with E-state index in [2.05, 4.69) is 10.5 Å². The van der Waals surface area contributed by atoms with E-state index in [4.69, 9.17) is 16.3 Å². The van der Waals surface area contributed by atoms with Crippen LogP contribution in [0, 0.1) is 0 Å². The Kier molecular flexibility index (Phi) is 6.28. The average molecular weight is 368 g/mol. The summed E-state index contributed by atoms with van der Waals surface area (Å²) in [6, 6.07) is 8.47. The fourth-order valence-electron chi connectivity index (χ4n) is 1.79. The van der Waals surface area contributed by atoms with Crippen molar-refractivity contribution in [1.82, 2.24) is 9.99 Å². The van der Waals surface area contributed by atoms with Gasteiger partial charge in [-0.25, -0.2) is 14.8 Å². The number of aromatic nitrogens is 1. The van der Waals surface area contributed by atoms with Gasteiger partial charge in [-0.1, -0.05) is 18.2 Å². The molecule has 9 heteroatoms. The van der Waals surface area contributed by atoms with E-state index in [-0.39, 0.29) is 23.0 Å². The van der Waals surface area contributed by atoms with E-state index in [0.29, 0.717) is 5.56 Å². The van der Waals surface area contributed by atoms with Crippen LogP contribution in [0.25, 0.3) is 0 Å². The number of carbonyl (C=O) groups is 3. The number of esters is 1. The molecule has 1 N–H and O–H groups in total. The summed E-state index contributed by atoms with van der Waals surface area (Å²) in [5.74, 6) is -1.99. The fourth-order valence-corrected chi connectivity index (χ4v) is 2.73. The molecule has 0 saturated carbocycles. The van der Waals surface area contributed by atoms with Gasteiger partial charge in [0.1, 0.15) is 11.6 Å². The maximum absolute atomic E-state index is 12.0. The van der Waals surface area contributed by atoms with Crippen LogP contribution in [0.2, 0.25) is 0 Å². The van der Waals surface area contributed by atoms with E-state index < -0.39 is 17.8 Å². The molecule has 0 spiro atoms. The highest BCUT2D eigenvalue weighted by Crippen LogP contribution is 2.05. The number of ether oxygens (including phenoxy) is 1. The number of nitrogens with one attached hydrogen (secondary N) is 1. The molecule has 0 radical (unpaired) electrons. The van der Waals surface area contributed by atoms with Crippen molar-refractivity contribution in [2.75, 3.05) is 12.5 Å². The van der Waals surface area contributed by atoms with Gasteiger partial charge >= 0.3 is 5.97 Å². The number of amides is 1. The lowest BCUT2D eigenvalue weighted by molar-refractivity contribution is 0.0508. The van der Waals surface area contributed by atoms with Crippen LogP contribution < -0.4 is 10.2 Å². The lowest BCUT2D eigenvalue weighted by atomic mass is 10.2. The molecule has 0 atom stereocenters. The SMILES string of the molecule is CCOC(=O)c1csc(=NNC(=O)c2ccccc2)n1C(=O)CCl. The molecule has 0 bridgehead atoms. The summed E-state index contributed by atoms with van der Waals surface area (Å²) in [6.45, 7) is 1.82. The zero-order chi connectivity index (χ0) is 17.5. The van der Waals surface area contributed by atoms with Gasteiger partial charge in [0.25, 0.3) is 5.91 Å². The highest BCUT2D eigenvalue weighted by molar-refractivity contribution is 7.07. The number of nitrogens with zero attached hydrogens (tertiary/aromatic N) is 2. The monoisotopic (exact) mass is 367 g/mol. The summed E-state index contributed by atoms with van der Waals surface area (Å²) >= 11 is 6.59. The molecule has 0 fully saturated rings. The van der Waals surface area contributed by atoms with Crippen LogP contribution in [0.3, 0.4) is 0 Å². The third kappa shape index (κ3) is 4.09. The Labute approximate surface area is 146 Å². The molecular weight excluding hydrogens is 354 g/mol. The van der Waals surface area contributed by atoms with Crippen LogP contribution in [-0.2, 0) is 4.74 Å². The van der Waals surface area contributed by atoms with Crippen LogP contribution in [0.4, 0.5) is 0 Å². The third-order valence-corrected chi connectivity index (χ3v) is 3.90. The fraction of sp³-hybridized carbons (Fsp3) is 0.200. The summed E-state index contributed by atoms with van der Waals surface area (Å²) in [6.07, 6.45) is 0. The minimum absolute atomic E-state index is 0.0141. The number of alkyl halides is 1. The van der Waals surface area contributed by atoms with E-state index in [0.717, 1.165) is 15.9 Å². The molecule has 0 aliphatic heterocycles. The van der Waals surface area contributed by atoms with Crippen molar-refractivity contribution >= 4 is 40.7 Å². The highest BCUT2D eigenvalue weighted by Gasteiger charge is 2.19. The van der Waals surface area contributed by atoms with Gasteiger partial charge in [-0.05, 0) is 19.1 Å². The van der Waals surface area contributed by atoms with Crippen LogP contribution >= 0.6 is 22.9 Å². The topological polar surface area (TPSA) is 89.8 Å². The lowest BCUT2D eigenvalue weighted by Crippen LogP contribution is -2.31. The minimum Gasteiger partial charge on any atom is -0.461 e. The summed E-state index contributed by atoms with van der Waals surface area (Å²) < 4.78 is 5.92. The number of hydrogen-bond acceptors (Lipinski definition) is 6. The van der Waals surface area contributed by atoms with E-state index in [1.165, 1.54) is 5.38 Å². The largest absolute Gasteiger partial charge is 0.461 e. The number of benzene rings is 1. The Morgan fingerprint density at radius 1 is 1.29 bits per heavy atom. The van der Waals surface area contributed by atoms with Crippen molar-refractivity contribution in [3.8, 4) is 0 Å². The van der Waals surface area contributed by atoms with Gasteiger partial charge in [0.05, 0.1) is 6.61 Å². The van der Waals surface area contributed by atoms with Gasteiger partial charge in [0.2, 0.25) is 10.7 Å². The molecule has 7 nitrogen and oxygen atoms in total. The van der Waals surface area contributed by atoms with Crippen LogP contribution in [-0.4, -0.2) is 34.8 Å². The summed E-state index contributed by atoms with van der Waals surface area (Å²) in [5, 5.41) is 5.34. The minimum atomic E-state index is -0.664. The van der Waals surface area contributed by atoms with Gasteiger partial charge in [-0.2, -0.15) is 0 Å². The van der Waals surface area contributed by atoms with Crippen molar-refractivity contribution < 1.29 is 19.1 Å². The molecule has 2 rings (SSSR count). The highest BCUT2D eigenvalue weighted by atomic mass is 35.5. The second-order valence-electron chi connectivity index (χ2n) is 4.41. The molecule has 0 unspecified atom stereocenters. The number of hydrogen-bond donors (Lipinski definition) is 1. The predicted molar refractivity (Wildman–Crippen MR) is 89.1 cm³/mol. The maximum atomic E-state index is 12.0. The first-order valence-corrected chi connectivity index (χ1v) is 8.35. The maximum Gasteiger partial charge on any atom is 0.356 e. The zero-order valence-electron chi connectivity index (χ0n) is 12.7. The van der Waals surface area contributed by atoms with E-state index >= 15 is 0 Å². The molecule has 1 heterocycles. The molecule has 1 amide bonds. The molecule has 126 valence electrons. The Hall–Kier alpha value is -2.45. The van der Waals surface area contributed by atoms with Gasteiger partial charge in [0, 0.05) is 10.9 Å². The number of rotatable bonds is 5. The molecular formula is C15H14ClN3O4S. The zero-order valence-corrected chi connectivity index (χ0v) is 14.3. The molecule has 24 heavy (non-hydrogen) atoms. The van der Waals surface area contributed by atoms with Crippen LogP contribution in [0.1, 0.15) is 32.6 Å². The van der Waals surface area contributed by atoms with Gasteiger partial charge in [-0.15, -0.1) is 28.0 Å². The van der Waals surface area contributed by atoms with Gasteiger partial charge in [-0.3, -0.25) is 9.59 Å². The van der Waals surface area contributed by atoms with Crippen molar-refractivity contribution in [2.24, 2.45) is 5.10 Å². The van der Waals surface area contributed by atoms with Crippen molar-refractivity contribution in [1.29, 1.82) is 0 Å². The lowest BCUT2D eigenvalue weighted by Gasteiger charge is -2.05. The van der Waals surface area contributed by atoms with Crippen molar-refractivity contribution in [2.45, 2.75) is 6.92 Å². The summed E-state index contributed by atoms with van der Waals surface area (Å²) in [7, 11) is 0. The van der Waals surface area contributed by atoms with Crippen LogP contribution in [0.5, 0.6) is 0 Å². The van der Waals surface area contributed by atoms with E-state index in [1.54, 1.807) is 37.3 Å². The van der Waals surface area contributed by atoms with Crippen molar-refractivity contribution in [3.63, 3.8) is 0 Å². The van der Waals surface area contributed by atoms with Gasteiger partial charge < -0.3 is 4.74 Å². The molecule has 1 aromatic heterocycles. The first kappa shape index (κ1) is 17.9. The first-order chi connectivity index (χ1) is 11.6. The predicted octanol–water partition coefficient (Wildman–Crippen LogP) is 1.85. The smallest absolute Gasteiger partial charge is 0.356 e. The molecule has 0 aliphatic carbocycles. The van der Waals surface area contributed by atoms with Crippen LogP contribution in [0.15, 0.2) is 40.8 Å². The Bertz CT molecular complexity index is 814. The molecule has 0 saturated heterocycles. The standard InChI is InChI=1S/C15H14ClN3O4S/c1-2-23-14(22)11-9-24-15(19(11)12(20)8-16)18-17-13(21)10-6-4-3-5-7-10/h3-7,9H,2,8H2,1H3,(H,17,21). The van der Waals surface area contributed by atoms with Crippen molar-refractivity contribution in [3.05, 3.63) is 51.8 Å². The number of halogens is 1.